The van der Waals surface area contributed by atoms with E-state index in [-0.39, 0.29) is 16.7 Å². The first-order valence-corrected chi connectivity index (χ1v) is 7.60. The molecule has 0 bridgehead atoms. The van der Waals surface area contributed by atoms with Crippen LogP contribution in [0.25, 0.3) is 0 Å². The molecule has 5 nitrogen and oxygen atoms in total. The van der Waals surface area contributed by atoms with Gasteiger partial charge in [0.2, 0.25) is 0 Å². The number of rotatable bonds is 4. The molecular formula is C14H19BrN2O3. The molecule has 1 saturated heterocycles. The Morgan fingerprint density at radius 1 is 1.50 bits per heavy atom. The fraction of sp³-hybridized carbons (Fsp3) is 0.571. The molecule has 0 amide bonds. The molecule has 1 aromatic rings. The van der Waals surface area contributed by atoms with E-state index in [4.69, 9.17) is 0 Å². The van der Waals surface area contributed by atoms with Crippen molar-refractivity contribution in [2.45, 2.75) is 32.4 Å². The highest BCUT2D eigenvalue weighted by molar-refractivity contribution is 9.10. The second-order valence-electron chi connectivity index (χ2n) is 5.38. The first-order valence-electron chi connectivity index (χ1n) is 6.80. The number of likely N-dealkylation sites (tertiary alicyclic amines) is 1. The molecular weight excluding hydrogens is 324 g/mol. The quantitative estimate of drug-likeness (QED) is 0.674. The number of nitro groups is 1. The van der Waals surface area contributed by atoms with Crippen LogP contribution in [0.5, 0.6) is 0 Å². The zero-order chi connectivity index (χ0) is 14.7. The minimum Gasteiger partial charge on any atom is -0.393 e. The number of hydrogen-bond donors (Lipinski definition) is 1. The molecule has 0 saturated carbocycles. The van der Waals surface area contributed by atoms with Crippen LogP contribution in [0.2, 0.25) is 0 Å². The minimum absolute atomic E-state index is 0.164. The summed E-state index contributed by atoms with van der Waals surface area (Å²) in [6, 6.07) is 5.20. The Balaban J connectivity index is 2.03. The predicted octanol–water partition coefficient (Wildman–Crippen LogP) is 2.95. The van der Waals surface area contributed by atoms with Crippen molar-refractivity contribution in [2.75, 3.05) is 13.1 Å². The summed E-state index contributed by atoms with van der Waals surface area (Å²) in [6.07, 6.45) is 1.63. The molecule has 1 N–H and O–H groups in total. The molecule has 1 heterocycles. The number of nitrogens with zero attached hydrogens (tertiary/aromatic N) is 2. The average molecular weight is 343 g/mol. The number of aliphatic hydroxyl groups is 1. The number of benzene rings is 1. The lowest BCUT2D eigenvalue weighted by Gasteiger charge is -2.33. The normalized spacial score (nSPS) is 18.9. The van der Waals surface area contributed by atoms with Crippen LogP contribution in [0, 0.1) is 16.0 Å². The monoisotopic (exact) mass is 342 g/mol. The van der Waals surface area contributed by atoms with Crippen molar-refractivity contribution in [3.63, 3.8) is 0 Å². The van der Waals surface area contributed by atoms with E-state index in [1.54, 1.807) is 6.07 Å². The van der Waals surface area contributed by atoms with Gasteiger partial charge in [0, 0.05) is 22.6 Å². The number of halogens is 1. The lowest BCUT2D eigenvalue weighted by Crippen LogP contribution is -2.36. The van der Waals surface area contributed by atoms with Crippen LogP contribution in [0.4, 0.5) is 5.69 Å². The van der Waals surface area contributed by atoms with E-state index in [1.807, 2.05) is 19.1 Å². The molecule has 0 spiro atoms. The Morgan fingerprint density at radius 3 is 2.70 bits per heavy atom. The molecule has 0 aliphatic carbocycles. The Kier molecular flexibility index (Phi) is 5.12. The molecule has 1 aliphatic rings. The van der Waals surface area contributed by atoms with E-state index in [1.165, 1.54) is 0 Å². The van der Waals surface area contributed by atoms with Gasteiger partial charge in [0.1, 0.15) is 0 Å². The Bertz CT molecular complexity index is 485. The standard InChI is InChI=1S/C14H19BrN2O3/c1-10(18)11-4-6-16(7-5-11)9-12-2-3-13(15)8-14(12)17(19)20/h2-3,8,10-11,18H,4-7,9H2,1H3. The molecule has 0 aromatic heterocycles. The second kappa shape index (κ2) is 6.65. The highest BCUT2D eigenvalue weighted by Crippen LogP contribution is 2.27. The fourth-order valence-corrected chi connectivity index (χ4v) is 3.02. The zero-order valence-corrected chi connectivity index (χ0v) is 13.0. The van der Waals surface area contributed by atoms with Gasteiger partial charge in [0.25, 0.3) is 5.69 Å². The SMILES string of the molecule is CC(O)C1CCN(Cc2ccc(Br)cc2[N+](=O)[O-])CC1. The van der Waals surface area contributed by atoms with Gasteiger partial charge in [-0.3, -0.25) is 15.0 Å². The van der Waals surface area contributed by atoms with Crippen LogP contribution < -0.4 is 0 Å². The lowest BCUT2D eigenvalue weighted by molar-refractivity contribution is -0.385. The van der Waals surface area contributed by atoms with Gasteiger partial charge in [-0.15, -0.1) is 0 Å². The summed E-state index contributed by atoms with van der Waals surface area (Å²) in [5.74, 6) is 0.353. The molecule has 20 heavy (non-hydrogen) atoms. The first-order chi connectivity index (χ1) is 9.47. The summed E-state index contributed by atoms with van der Waals surface area (Å²) in [6.45, 7) is 4.18. The lowest BCUT2D eigenvalue weighted by atomic mass is 9.92. The third-order valence-electron chi connectivity index (χ3n) is 3.95. The maximum absolute atomic E-state index is 11.1. The molecule has 1 unspecified atom stereocenters. The molecule has 0 radical (unpaired) electrons. The molecule has 1 fully saturated rings. The fourth-order valence-electron chi connectivity index (χ4n) is 2.68. The van der Waals surface area contributed by atoms with Crippen molar-refractivity contribution in [2.24, 2.45) is 5.92 Å². The van der Waals surface area contributed by atoms with Gasteiger partial charge in [0.15, 0.2) is 0 Å². The maximum atomic E-state index is 11.1. The van der Waals surface area contributed by atoms with Gasteiger partial charge < -0.3 is 5.11 Å². The number of nitro benzene ring substituents is 1. The van der Waals surface area contributed by atoms with Crippen LogP contribution in [0.15, 0.2) is 22.7 Å². The average Bonchev–Trinajstić information content (AvgIpc) is 2.41. The Morgan fingerprint density at radius 2 is 2.15 bits per heavy atom. The van der Waals surface area contributed by atoms with E-state index in [0.717, 1.165) is 36.0 Å². The van der Waals surface area contributed by atoms with Crippen molar-refractivity contribution in [1.82, 2.24) is 4.90 Å². The first kappa shape index (κ1) is 15.4. The maximum Gasteiger partial charge on any atom is 0.275 e. The van der Waals surface area contributed by atoms with E-state index in [9.17, 15) is 15.2 Å². The summed E-state index contributed by atoms with van der Waals surface area (Å²) in [4.78, 5) is 13.0. The molecule has 6 heteroatoms. The van der Waals surface area contributed by atoms with Crippen LogP contribution in [-0.4, -0.2) is 34.1 Å². The molecule has 1 aromatic carbocycles. The van der Waals surface area contributed by atoms with Gasteiger partial charge in [-0.05, 0) is 50.9 Å². The Hall–Kier alpha value is -0.980. The van der Waals surface area contributed by atoms with Gasteiger partial charge >= 0.3 is 0 Å². The molecule has 110 valence electrons. The minimum atomic E-state index is -0.331. The third-order valence-corrected chi connectivity index (χ3v) is 4.45. The predicted molar refractivity (Wildman–Crippen MR) is 80.5 cm³/mol. The van der Waals surface area contributed by atoms with E-state index >= 15 is 0 Å². The topological polar surface area (TPSA) is 66.6 Å². The molecule has 1 atom stereocenters. The van der Waals surface area contributed by atoms with Crippen molar-refractivity contribution < 1.29 is 10.0 Å². The summed E-state index contributed by atoms with van der Waals surface area (Å²) >= 11 is 3.27. The summed E-state index contributed by atoms with van der Waals surface area (Å²) in [5, 5.41) is 20.7. The van der Waals surface area contributed by atoms with E-state index in [0.29, 0.717) is 12.5 Å². The highest BCUT2D eigenvalue weighted by Gasteiger charge is 2.24. The van der Waals surface area contributed by atoms with Crippen LogP contribution in [0.3, 0.4) is 0 Å². The number of piperidine rings is 1. The van der Waals surface area contributed by atoms with Gasteiger partial charge in [-0.2, -0.15) is 0 Å². The van der Waals surface area contributed by atoms with Gasteiger partial charge in [-0.25, -0.2) is 0 Å². The van der Waals surface area contributed by atoms with Crippen LogP contribution in [0.1, 0.15) is 25.3 Å². The highest BCUT2D eigenvalue weighted by atomic mass is 79.9. The van der Waals surface area contributed by atoms with E-state index < -0.39 is 0 Å². The third kappa shape index (κ3) is 3.77. The van der Waals surface area contributed by atoms with Crippen molar-refractivity contribution in [1.29, 1.82) is 0 Å². The molecule has 1 aliphatic heterocycles. The summed E-state index contributed by atoms with van der Waals surface area (Å²) in [5.41, 5.74) is 0.908. The van der Waals surface area contributed by atoms with Crippen molar-refractivity contribution >= 4 is 21.6 Å². The van der Waals surface area contributed by atoms with E-state index in [2.05, 4.69) is 20.8 Å². The van der Waals surface area contributed by atoms with Gasteiger partial charge in [-0.1, -0.05) is 15.9 Å². The molecule has 2 rings (SSSR count). The van der Waals surface area contributed by atoms with Crippen LogP contribution in [-0.2, 0) is 6.54 Å². The van der Waals surface area contributed by atoms with Crippen molar-refractivity contribution in [3.8, 4) is 0 Å². The summed E-state index contributed by atoms with van der Waals surface area (Å²) < 4.78 is 0.723. The Labute approximate surface area is 126 Å². The smallest absolute Gasteiger partial charge is 0.275 e. The van der Waals surface area contributed by atoms with Crippen molar-refractivity contribution in [3.05, 3.63) is 38.3 Å². The zero-order valence-electron chi connectivity index (χ0n) is 11.5. The number of hydrogen-bond acceptors (Lipinski definition) is 4. The summed E-state index contributed by atoms with van der Waals surface area (Å²) in [7, 11) is 0. The van der Waals surface area contributed by atoms with Crippen LogP contribution >= 0.6 is 15.9 Å². The van der Waals surface area contributed by atoms with Gasteiger partial charge in [0.05, 0.1) is 11.0 Å². The number of aliphatic hydroxyl groups excluding tert-OH is 1. The second-order valence-corrected chi connectivity index (χ2v) is 6.30. The largest absolute Gasteiger partial charge is 0.393 e.